The molecule has 3 atom stereocenters. The van der Waals surface area contributed by atoms with Gasteiger partial charge in [-0.15, -0.1) is 0 Å². The predicted octanol–water partition coefficient (Wildman–Crippen LogP) is 1.29. The summed E-state index contributed by atoms with van der Waals surface area (Å²) in [4.78, 5) is 12.2. The molecular formula is C13H26N2O2. The Morgan fingerprint density at radius 1 is 1.47 bits per heavy atom. The van der Waals surface area contributed by atoms with Gasteiger partial charge in [0.05, 0.1) is 18.1 Å². The van der Waals surface area contributed by atoms with Gasteiger partial charge in [-0.05, 0) is 32.6 Å². The molecule has 4 nitrogen and oxygen atoms in total. The molecule has 4 heteroatoms. The Bertz CT molecular complexity index is 266. The Balaban J connectivity index is 2.57. The number of methoxy groups -OCH3 is 1. The molecule has 3 N–H and O–H groups in total. The highest BCUT2D eigenvalue weighted by Crippen LogP contribution is 2.28. The molecule has 1 rings (SSSR count). The molecule has 0 aromatic carbocycles. The van der Waals surface area contributed by atoms with E-state index in [9.17, 15) is 4.79 Å². The summed E-state index contributed by atoms with van der Waals surface area (Å²) in [5.41, 5.74) is 5.80. The SMILES string of the molecule is COCC(C)(C)NC(=O)C1CCCC(C)C1N. The molecule has 17 heavy (non-hydrogen) atoms. The van der Waals surface area contributed by atoms with Gasteiger partial charge in [0.15, 0.2) is 0 Å². The summed E-state index contributed by atoms with van der Waals surface area (Å²) in [6, 6.07) is -0.0119. The van der Waals surface area contributed by atoms with E-state index in [1.54, 1.807) is 7.11 Å². The van der Waals surface area contributed by atoms with E-state index in [4.69, 9.17) is 10.5 Å². The number of amides is 1. The molecule has 0 aromatic heterocycles. The maximum atomic E-state index is 12.2. The zero-order chi connectivity index (χ0) is 13.1. The first-order valence-electron chi connectivity index (χ1n) is 6.44. The molecule has 0 aliphatic heterocycles. The Kier molecular flexibility index (Phi) is 4.95. The van der Waals surface area contributed by atoms with Crippen LogP contribution in [0.15, 0.2) is 0 Å². The minimum Gasteiger partial charge on any atom is -0.382 e. The van der Waals surface area contributed by atoms with E-state index < -0.39 is 0 Å². The van der Waals surface area contributed by atoms with Crippen molar-refractivity contribution in [1.29, 1.82) is 0 Å². The molecular weight excluding hydrogens is 216 g/mol. The molecule has 1 fully saturated rings. The first-order valence-corrected chi connectivity index (χ1v) is 6.44. The van der Waals surface area contributed by atoms with Gasteiger partial charge in [-0.25, -0.2) is 0 Å². The monoisotopic (exact) mass is 242 g/mol. The van der Waals surface area contributed by atoms with Gasteiger partial charge in [0.25, 0.3) is 0 Å². The zero-order valence-corrected chi connectivity index (χ0v) is 11.5. The molecule has 0 aromatic rings. The molecule has 1 amide bonds. The second-order valence-corrected chi connectivity index (χ2v) is 5.90. The first kappa shape index (κ1) is 14.5. The van der Waals surface area contributed by atoms with Crippen molar-refractivity contribution in [3.63, 3.8) is 0 Å². The van der Waals surface area contributed by atoms with E-state index in [1.165, 1.54) is 0 Å². The molecule has 0 saturated heterocycles. The second-order valence-electron chi connectivity index (χ2n) is 5.90. The molecule has 1 saturated carbocycles. The van der Waals surface area contributed by atoms with Crippen molar-refractivity contribution in [2.24, 2.45) is 17.6 Å². The number of carbonyl (C=O) groups excluding carboxylic acids is 1. The van der Waals surface area contributed by atoms with Gasteiger partial charge in [-0.1, -0.05) is 13.3 Å². The van der Waals surface area contributed by atoms with Crippen LogP contribution in [0.3, 0.4) is 0 Å². The van der Waals surface area contributed by atoms with Crippen molar-refractivity contribution in [2.45, 2.75) is 51.6 Å². The number of nitrogens with two attached hydrogens (primary N) is 1. The summed E-state index contributed by atoms with van der Waals surface area (Å²) < 4.78 is 5.10. The lowest BCUT2D eigenvalue weighted by Crippen LogP contribution is -2.54. The lowest BCUT2D eigenvalue weighted by molar-refractivity contribution is -0.129. The summed E-state index contributed by atoms with van der Waals surface area (Å²) in [5, 5.41) is 3.03. The fraction of sp³-hybridized carbons (Fsp3) is 0.923. The van der Waals surface area contributed by atoms with Gasteiger partial charge in [0.2, 0.25) is 5.91 Å². The van der Waals surface area contributed by atoms with Gasteiger partial charge in [0, 0.05) is 13.2 Å². The largest absolute Gasteiger partial charge is 0.382 e. The maximum Gasteiger partial charge on any atom is 0.225 e. The molecule has 0 spiro atoms. The van der Waals surface area contributed by atoms with Crippen LogP contribution >= 0.6 is 0 Å². The minimum absolute atomic E-state index is 0.0119. The zero-order valence-electron chi connectivity index (χ0n) is 11.5. The van der Waals surface area contributed by atoms with Crippen LogP contribution < -0.4 is 11.1 Å². The Morgan fingerprint density at radius 2 is 2.12 bits per heavy atom. The number of hydrogen-bond acceptors (Lipinski definition) is 3. The van der Waals surface area contributed by atoms with Crippen LogP contribution in [0.25, 0.3) is 0 Å². The third kappa shape index (κ3) is 3.96. The number of hydrogen-bond donors (Lipinski definition) is 2. The van der Waals surface area contributed by atoms with Crippen LogP contribution in [0.4, 0.5) is 0 Å². The van der Waals surface area contributed by atoms with Gasteiger partial charge in [-0.2, -0.15) is 0 Å². The van der Waals surface area contributed by atoms with Crippen LogP contribution in [0.2, 0.25) is 0 Å². The Labute approximate surface area is 104 Å². The minimum atomic E-state index is -0.327. The van der Waals surface area contributed by atoms with E-state index in [1.807, 2.05) is 13.8 Å². The van der Waals surface area contributed by atoms with Crippen molar-refractivity contribution in [2.75, 3.05) is 13.7 Å². The van der Waals surface area contributed by atoms with Crippen LogP contribution in [-0.4, -0.2) is 31.2 Å². The highest BCUT2D eigenvalue weighted by molar-refractivity contribution is 5.80. The first-order chi connectivity index (χ1) is 7.87. The second kappa shape index (κ2) is 5.83. The predicted molar refractivity (Wildman–Crippen MR) is 68.6 cm³/mol. The smallest absolute Gasteiger partial charge is 0.225 e. The summed E-state index contributed by atoms with van der Waals surface area (Å²) in [7, 11) is 1.64. The van der Waals surface area contributed by atoms with Gasteiger partial charge >= 0.3 is 0 Å². The molecule has 3 unspecified atom stereocenters. The summed E-state index contributed by atoms with van der Waals surface area (Å²) in [6.07, 6.45) is 3.13. The molecule has 1 aliphatic carbocycles. The van der Waals surface area contributed by atoms with Crippen molar-refractivity contribution < 1.29 is 9.53 Å². The van der Waals surface area contributed by atoms with E-state index in [2.05, 4.69) is 12.2 Å². The Morgan fingerprint density at radius 3 is 2.71 bits per heavy atom. The van der Waals surface area contributed by atoms with Crippen molar-refractivity contribution in [1.82, 2.24) is 5.32 Å². The third-order valence-electron chi connectivity index (χ3n) is 3.60. The van der Waals surface area contributed by atoms with E-state index in [0.717, 1.165) is 19.3 Å². The van der Waals surface area contributed by atoms with Crippen molar-refractivity contribution in [3.8, 4) is 0 Å². The number of ether oxygens (including phenoxy) is 1. The topological polar surface area (TPSA) is 64.3 Å². The van der Waals surface area contributed by atoms with E-state index in [-0.39, 0.29) is 23.4 Å². The van der Waals surface area contributed by atoms with Crippen LogP contribution in [0, 0.1) is 11.8 Å². The highest BCUT2D eigenvalue weighted by Gasteiger charge is 2.34. The van der Waals surface area contributed by atoms with Gasteiger partial charge < -0.3 is 15.8 Å². The molecule has 0 bridgehead atoms. The number of rotatable bonds is 4. The average Bonchev–Trinajstić information content (AvgIpc) is 2.21. The van der Waals surface area contributed by atoms with Crippen molar-refractivity contribution in [3.05, 3.63) is 0 Å². The fourth-order valence-electron chi connectivity index (χ4n) is 2.57. The molecule has 1 aliphatic rings. The number of nitrogens with one attached hydrogen (secondary N) is 1. The van der Waals surface area contributed by atoms with Gasteiger partial charge in [-0.3, -0.25) is 4.79 Å². The summed E-state index contributed by atoms with van der Waals surface area (Å²) >= 11 is 0. The average molecular weight is 242 g/mol. The van der Waals surface area contributed by atoms with Crippen molar-refractivity contribution >= 4 is 5.91 Å². The van der Waals surface area contributed by atoms with Crippen LogP contribution in [0.5, 0.6) is 0 Å². The van der Waals surface area contributed by atoms with E-state index in [0.29, 0.717) is 12.5 Å². The lowest BCUT2D eigenvalue weighted by Gasteiger charge is -2.35. The summed E-state index contributed by atoms with van der Waals surface area (Å²) in [5.74, 6) is 0.464. The highest BCUT2D eigenvalue weighted by atomic mass is 16.5. The molecule has 0 radical (unpaired) electrons. The van der Waals surface area contributed by atoms with E-state index >= 15 is 0 Å². The standard InChI is InChI=1S/C13H26N2O2/c1-9-6-5-7-10(11(9)14)12(16)15-13(2,3)8-17-4/h9-11H,5-8,14H2,1-4H3,(H,15,16). The lowest BCUT2D eigenvalue weighted by atomic mass is 9.77. The van der Waals surface area contributed by atoms with Crippen LogP contribution in [-0.2, 0) is 9.53 Å². The third-order valence-corrected chi connectivity index (χ3v) is 3.60. The molecule has 100 valence electrons. The molecule has 0 heterocycles. The van der Waals surface area contributed by atoms with Gasteiger partial charge in [0.1, 0.15) is 0 Å². The normalized spacial score (nSPS) is 30.1. The number of carbonyl (C=O) groups is 1. The maximum absolute atomic E-state index is 12.2. The van der Waals surface area contributed by atoms with Crippen LogP contribution in [0.1, 0.15) is 40.0 Å². The fourth-order valence-corrected chi connectivity index (χ4v) is 2.57. The Hall–Kier alpha value is -0.610. The summed E-state index contributed by atoms with van der Waals surface area (Å²) in [6.45, 7) is 6.57. The quantitative estimate of drug-likeness (QED) is 0.781.